The van der Waals surface area contributed by atoms with Gasteiger partial charge in [-0.2, -0.15) is 0 Å². The van der Waals surface area contributed by atoms with Gasteiger partial charge in [0, 0.05) is 32.4 Å². The second kappa shape index (κ2) is 7.81. The van der Waals surface area contributed by atoms with Crippen molar-refractivity contribution in [1.29, 1.82) is 0 Å². The standard InChI is InChI=1S/C22H25FN4O2/c23-17-7-5-16(6-8-17)22(9-1-2-10-22)21(29)27-14-12-26(13-15-27)20-18(19(24)28)4-3-11-25-20/h3-8,11H,1-2,9-10,12-15H2,(H2,24,28). The number of primary amides is 1. The summed E-state index contributed by atoms with van der Waals surface area (Å²) in [5, 5.41) is 0. The minimum absolute atomic E-state index is 0.123. The van der Waals surface area contributed by atoms with Crippen LogP contribution >= 0.6 is 0 Å². The van der Waals surface area contributed by atoms with E-state index in [1.165, 1.54) is 12.1 Å². The monoisotopic (exact) mass is 396 g/mol. The molecule has 7 heteroatoms. The molecule has 1 saturated heterocycles. The Morgan fingerprint density at radius 3 is 2.28 bits per heavy atom. The Bertz CT molecular complexity index is 901. The van der Waals surface area contributed by atoms with Crippen LogP contribution in [0, 0.1) is 5.82 Å². The summed E-state index contributed by atoms with van der Waals surface area (Å²) in [6.45, 7) is 2.28. The minimum atomic E-state index is -0.556. The molecule has 6 nitrogen and oxygen atoms in total. The van der Waals surface area contributed by atoms with Crippen LogP contribution in [-0.2, 0) is 10.2 Å². The quantitative estimate of drug-likeness (QED) is 0.861. The van der Waals surface area contributed by atoms with Crippen molar-refractivity contribution in [2.45, 2.75) is 31.1 Å². The zero-order chi connectivity index (χ0) is 20.4. The number of carbonyl (C=O) groups excluding carboxylic acids is 2. The predicted octanol–water partition coefficient (Wildman–Crippen LogP) is 2.48. The molecule has 1 aliphatic carbocycles. The van der Waals surface area contributed by atoms with Gasteiger partial charge in [0.05, 0.1) is 11.0 Å². The Balaban J connectivity index is 1.51. The van der Waals surface area contributed by atoms with Crippen molar-refractivity contribution in [1.82, 2.24) is 9.88 Å². The molecule has 152 valence electrons. The van der Waals surface area contributed by atoms with Gasteiger partial charge in [-0.05, 0) is 42.7 Å². The predicted molar refractivity (Wildman–Crippen MR) is 108 cm³/mol. The number of nitrogens with zero attached hydrogens (tertiary/aromatic N) is 3. The van der Waals surface area contributed by atoms with Crippen LogP contribution in [0.3, 0.4) is 0 Å². The lowest BCUT2D eigenvalue weighted by Crippen LogP contribution is -2.54. The lowest BCUT2D eigenvalue weighted by Gasteiger charge is -2.40. The van der Waals surface area contributed by atoms with Crippen LogP contribution in [0.5, 0.6) is 0 Å². The summed E-state index contributed by atoms with van der Waals surface area (Å²) in [5.41, 5.74) is 6.22. The highest BCUT2D eigenvalue weighted by Gasteiger charge is 2.45. The van der Waals surface area contributed by atoms with Crippen LogP contribution in [0.15, 0.2) is 42.6 Å². The summed E-state index contributed by atoms with van der Waals surface area (Å²) in [6, 6.07) is 9.74. The average molecular weight is 396 g/mol. The van der Waals surface area contributed by atoms with Crippen molar-refractivity contribution < 1.29 is 14.0 Å². The second-order valence-electron chi connectivity index (χ2n) is 7.81. The first-order valence-electron chi connectivity index (χ1n) is 10.1. The molecule has 2 heterocycles. The third-order valence-corrected chi connectivity index (χ3v) is 6.18. The van der Waals surface area contributed by atoms with Crippen molar-refractivity contribution in [2.24, 2.45) is 5.73 Å². The summed E-state index contributed by atoms with van der Waals surface area (Å²) in [4.78, 5) is 33.5. The van der Waals surface area contributed by atoms with Crippen molar-refractivity contribution >= 4 is 17.6 Å². The van der Waals surface area contributed by atoms with Crippen LogP contribution < -0.4 is 10.6 Å². The van der Waals surface area contributed by atoms with Crippen LogP contribution in [0.2, 0.25) is 0 Å². The topological polar surface area (TPSA) is 79.5 Å². The third-order valence-electron chi connectivity index (χ3n) is 6.18. The Kier molecular flexibility index (Phi) is 5.22. The van der Waals surface area contributed by atoms with E-state index in [2.05, 4.69) is 4.98 Å². The molecule has 1 saturated carbocycles. The average Bonchev–Trinajstić information content (AvgIpc) is 3.25. The fourth-order valence-corrected chi connectivity index (χ4v) is 4.64. The van der Waals surface area contributed by atoms with Crippen molar-refractivity contribution in [3.05, 3.63) is 59.5 Å². The van der Waals surface area contributed by atoms with E-state index >= 15 is 0 Å². The summed E-state index contributed by atoms with van der Waals surface area (Å²) >= 11 is 0. The molecule has 4 rings (SSSR count). The molecular weight excluding hydrogens is 371 g/mol. The van der Waals surface area contributed by atoms with Gasteiger partial charge in [0.1, 0.15) is 11.6 Å². The minimum Gasteiger partial charge on any atom is -0.365 e. The Morgan fingerprint density at radius 2 is 1.66 bits per heavy atom. The molecule has 0 bridgehead atoms. The molecule has 1 aromatic carbocycles. The van der Waals surface area contributed by atoms with E-state index in [1.807, 2.05) is 9.80 Å². The van der Waals surface area contributed by atoms with Crippen LogP contribution in [0.1, 0.15) is 41.6 Å². The van der Waals surface area contributed by atoms with Crippen LogP contribution in [-0.4, -0.2) is 47.9 Å². The molecule has 0 unspecified atom stereocenters. The van der Waals surface area contributed by atoms with Gasteiger partial charge in [-0.15, -0.1) is 0 Å². The third kappa shape index (κ3) is 3.57. The number of hydrogen-bond acceptors (Lipinski definition) is 4. The molecule has 1 aliphatic heterocycles. The van der Waals surface area contributed by atoms with E-state index < -0.39 is 11.3 Å². The number of aromatic nitrogens is 1. The van der Waals surface area contributed by atoms with E-state index in [0.717, 1.165) is 31.2 Å². The number of halogens is 1. The molecule has 0 radical (unpaired) electrons. The van der Waals surface area contributed by atoms with Gasteiger partial charge in [-0.25, -0.2) is 9.37 Å². The number of piperazine rings is 1. The van der Waals surface area contributed by atoms with Gasteiger partial charge >= 0.3 is 0 Å². The first kappa shape index (κ1) is 19.4. The number of amides is 2. The molecule has 2 fully saturated rings. The molecule has 0 atom stereocenters. The normalized spacial score (nSPS) is 18.7. The molecule has 2 aromatic rings. The first-order valence-corrected chi connectivity index (χ1v) is 10.1. The maximum atomic E-state index is 13.5. The summed E-state index contributed by atoms with van der Waals surface area (Å²) in [6.07, 6.45) is 5.23. The number of carbonyl (C=O) groups is 2. The molecule has 1 aromatic heterocycles. The molecule has 29 heavy (non-hydrogen) atoms. The number of nitrogens with two attached hydrogens (primary N) is 1. The fraction of sp³-hybridized carbons (Fsp3) is 0.409. The zero-order valence-electron chi connectivity index (χ0n) is 16.3. The number of rotatable bonds is 4. The largest absolute Gasteiger partial charge is 0.365 e. The van der Waals surface area contributed by atoms with E-state index in [1.54, 1.807) is 30.5 Å². The lowest BCUT2D eigenvalue weighted by molar-refractivity contribution is -0.137. The number of hydrogen-bond donors (Lipinski definition) is 1. The Morgan fingerprint density at radius 1 is 1.00 bits per heavy atom. The first-order chi connectivity index (χ1) is 14.0. The van der Waals surface area contributed by atoms with Gasteiger partial charge in [-0.1, -0.05) is 25.0 Å². The van der Waals surface area contributed by atoms with Gasteiger partial charge < -0.3 is 15.5 Å². The molecule has 2 N–H and O–H groups in total. The van der Waals surface area contributed by atoms with E-state index in [9.17, 15) is 14.0 Å². The van der Waals surface area contributed by atoms with E-state index in [4.69, 9.17) is 5.73 Å². The Hall–Kier alpha value is -2.96. The second-order valence-corrected chi connectivity index (χ2v) is 7.81. The summed E-state index contributed by atoms with van der Waals surface area (Å²) in [7, 11) is 0. The number of pyridine rings is 1. The highest BCUT2D eigenvalue weighted by atomic mass is 19.1. The number of anilines is 1. The number of benzene rings is 1. The van der Waals surface area contributed by atoms with Gasteiger partial charge in [0.25, 0.3) is 5.91 Å². The maximum absolute atomic E-state index is 13.5. The summed E-state index contributed by atoms with van der Waals surface area (Å²) < 4.78 is 13.4. The summed E-state index contributed by atoms with van der Waals surface area (Å²) in [5.74, 6) is -0.102. The van der Waals surface area contributed by atoms with Crippen molar-refractivity contribution in [3.8, 4) is 0 Å². The van der Waals surface area contributed by atoms with E-state index in [-0.39, 0.29) is 11.7 Å². The molecule has 2 amide bonds. The maximum Gasteiger partial charge on any atom is 0.252 e. The van der Waals surface area contributed by atoms with Crippen molar-refractivity contribution in [3.63, 3.8) is 0 Å². The molecular formula is C22H25FN4O2. The van der Waals surface area contributed by atoms with Crippen LogP contribution in [0.4, 0.5) is 10.2 Å². The highest BCUT2D eigenvalue weighted by molar-refractivity contribution is 5.97. The highest BCUT2D eigenvalue weighted by Crippen LogP contribution is 2.43. The fourth-order valence-electron chi connectivity index (χ4n) is 4.64. The lowest BCUT2D eigenvalue weighted by atomic mass is 9.77. The smallest absolute Gasteiger partial charge is 0.252 e. The van der Waals surface area contributed by atoms with Gasteiger partial charge in [0.2, 0.25) is 5.91 Å². The molecule has 0 spiro atoms. The van der Waals surface area contributed by atoms with Gasteiger partial charge in [0.15, 0.2) is 0 Å². The molecule has 2 aliphatic rings. The SMILES string of the molecule is NC(=O)c1cccnc1N1CCN(C(=O)C2(c3ccc(F)cc3)CCCC2)CC1. The zero-order valence-corrected chi connectivity index (χ0v) is 16.3. The van der Waals surface area contributed by atoms with Gasteiger partial charge in [-0.3, -0.25) is 9.59 Å². The Labute approximate surface area is 169 Å². The van der Waals surface area contributed by atoms with Crippen LogP contribution in [0.25, 0.3) is 0 Å². The van der Waals surface area contributed by atoms with E-state index in [0.29, 0.717) is 37.6 Å². The van der Waals surface area contributed by atoms with Crippen molar-refractivity contribution in [2.75, 3.05) is 31.1 Å².